The topological polar surface area (TPSA) is 63.3 Å². The number of aliphatic imine (C=N–C) groups is 1. The van der Waals surface area contributed by atoms with Crippen molar-refractivity contribution in [1.29, 1.82) is 0 Å². The second kappa shape index (κ2) is 8.81. The van der Waals surface area contributed by atoms with Gasteiger partial charge in [-0.1, -0.05) is 18.2 Å². The Morgan fingerprint density at radius 2 is 2.00 bits per heavy atom. The van der Waals surface area contributed by atoms with Crippen LogP contribution in [0.4, 0.5) is 5.69 Å². The summed E-state index contributed by atoms with van der Waals surface area (Å²) in [5, 5.41) is 4.37. The van der Waals surface area contributed by atoms with Crippen molar-refractivity contribution in [3.05, 3.63) is 58.6 Å². The smallest absolute Gasteiger partial charge is 0.193 e. The summed E-state index contributed by atoms with van der Waals surface area (Å²) in [6, 6.07) is 14.8. The molecule has 0 spiro atoms. The van der Waals surface area contributed by atoms with E-state index in [1.807, 2.05) is 6.07 Å². The summed E-state index contributed by atoms with van der Waals surface area (Å²) in [6.07, 6.45) is 5.52. The number of aromatic nitrogens is 1. The lowest BCUT2D eigenvalue weighted by molar-refractivity contribution is 0.827. The minimum Gasteiger partial charge on any atom is -0.370 e. The Kier molecular flexibility index (Phi) is 6.48. The van der Waals surface area contributed by atoms with Crippen molar-refractivity contribution in [2.75, 3.05) is 11.9 Å². The quantitative estimate of drug-likeness (QED) is 0.241. The third-order valence-corrected chi connectivity index (χ3v) is 5.64. The fourth-order valence-electron chi connectivity index (χ4n) is 3.29. The number of guanidine groups is 1. The summed E-state index contributed by atoms with van der Waals surface area (Å²) in [5.74, 6) is 0.488. The fourth-order valence-corrected chi connectivity index (χ4v) is 4.30. The van der Waals surface area contributed by atoms with Gasteiger partial charge in [-0.3, -0.25) is 4.99 Å². The molecule has 0 bridgehead atoms. The number of nitrogens with zero attached hydrogens (tertiary/aromatic N) is 2. The van der Waals surface area contributed by atoms with Gasteiger partial charge in [-0.15, -0.1) is 35.3 Å². The van der Waals surface area contributed by atoms with E-state index in [1.165, 1.54) is 40.1 Å². The minimum absolute atomic E-state index is 0. The molecule has 1 aromatic heterocycles. The molecule has 1 aliphatic carbocycles. The summed E-state index contributed by atoms with van der Waals surface area (Å²) in [5.41, 5.74) is 11.0. The van der Waals surface area contributed by atoms with Crippen LogP contribution in [-0.2, 0) is 19.3 Å². The third kappa shape index (κ3) is 4.54. The highest BCUT2D eigenvalue weighted by Crippen LogP contribution is 2.25. The molecular formula is C20H23IN4S. The number of nitrogens with one attached hydrogen (secondary N) is 1. The second-order valence-electron chi connectivity index (χ2n) is 6.41. The number of halogens is 1. The highest BCUT2D eigenvalue weighted by molar-refractivity contribution is 14.0. The average Bonchev–Trinajstić information content (AvgIpc) is 3.24. The average molecular weight is 478 g/mol. The number of anilines is 1. The van der Waals surface area contributed by atoms with Crippen LogP contribution in [0.1, 0.15) is 29.0 Å². The van der Waals surface area contributed by atoms with E-state index in [0.29, 0.717) is 12.5 Å². The molecule has 0 saturated carbocycles. The molecule has 0 unspecified atom stereocenters. The van der Waals surface area contributed by atoms with Crippen LogP contribution in [0.5, 0.6) is 0 Å². The molecule has 0 fully saturated rings. The van der Waals surface area contributed by atoms with Crippen LogP contribution < -0.4 is 11.1 Å². The number of nitrogens with two attached hydrogens (primary N) is 1. The lowest BCUT2D eigenvalue weighted by atomic mass is 10.1. The van der Waals surface area contributed by atoms with Gasteiger partial charge in [-0.2, -0.15) is 0 Å². The molecule has 1 heterocycles. The number of thiazole rings is 1. The number of hydrogen-bond acceptors (Lipinski definition) is 3. The Morgan fingerprint density at radius 1 is 1.15 bits per heavy atom. The van der Waals surface area contributed by atoms with Crippen molar-refractivity contribution in [2.45, 2.75) is 32.1 Å². The molecule has 0 aliphatic heterocycles. The van der Waals surface area contributed by atoms with E-state index < -0.39 is 0 Å². The molecule has 136 valence electrons. The fraction of sp³-hybridized carbons (Fsp3) is 0.300. The lowest BCUT2D eigenvalue weighted by Gasteiger charge is -2.07. The molecule has 4 nitrogen and oxygen atoms in total. The first-order valence-electron chi connectivity index (χ1n) is 8.81. The monoisotopic (exact) mass is 478 g/mol. The van der Waals surface area contributed by atoms with Crippen LogP contribution in [0, 0.1) is 0 Å². The maximum Gasteiger partial charge on any atom is 0.193 e. The largest absolute Gasteiger partial charge is 0.370 e. The molecule has 0 radical (unpaired) electrons. The van der Waals surface area contributed by atoms with Crippen molar-refractivity contribution in [3.63, 3.8) is 0 Å². The van der Waals surface area contributed by atoms with E-state index in [1.54, 1.807) is 11.3 Å². The van der Waals surface area contributed by atoms with E-state index >= 15 is 0 Å². The zero-order valence-electron chi connectivity index (χ0n) is 14.6. The van der Waals surface area contributed by atoms with Crippen LogP contribution in [0.2, 0.25) is 0 Å². The number of fused-ring (bicyclic) bond motifs is 2. The molecule has 4 rings (SSSR count). The van der Waals surface area contributed by atoms with Crippen LogP contribution >= 0.6 is 35.3 Å². The molecule has 1 aliphatic rings. The molecule has 0 amide bonds. The van der Waals surface area contributed by atoms with Crippen molar-refractivity contribution in [3.8, 4) is 0 Å². The maximum atomic E-state index is 6.02. The van der Waals surface area contributed by atoms with Gasteiger partial charge < -0.3 is 11.1 Å². The van der Waals surface area contributed by atoms with Crippen molar-refractivity contribution in [2.24, 2.45) is 10.7 Å². The SMILES string of the molecule is I.NC(=NCCCc1nc2ccccc2s1)Nc1ccc2c(c1)CCC2. The summed E-state index contributed by atoms with van der Waals surface area (Å²) >= 11 is 1.76. The van der Waals surface area contributed by atoms with Crippen LogP contribution in [-0.4, -0.2) is 17.5 Å². The van der Waals surface area contributed by atoms with Gasteiger partial charge in [0, 0.05) is 18.7 Å². The van der Waals surface area contributed by atoms with E-state index in [-0.39, 0.29) is 24.0 Å². The number of benzene rings is 2. The molecule has 3 N–H and O–H groups in total. The summed E-state index contributed by atoms with van der Waals surface area (Å²) in [6.45, 7) is 0.708. The van der Waals surface area contributed by atoms with Gasteiger partial charge in [-0.05, 0) is 61.1 Å². The highest BCUT2D eigenvalue weighted by Gasteiger charge is 2.10. The number of hydrogen-bond donors (Lipinski definition) is 2. The standard InChI is InChI=1S/C20H22N4S.HI/c21-20(23-16-11-10-14-5-3-6-15(14)13-16)22-12-4-9-19-24-17-7-1-2-8-18(17)25-19;/h1-2,7-8,10-11,13H,3-6,9,12H2,(H3,21,22,23);1H. The van der Waals surface area contributed by atoms with Gasteiger partial charge in [0.25, 0.3) is 0 Å². The Hall–Kier alpha value is -1.67. The lowest BCUT2D eigenvalue weighted by Crippen LogP contribution is -2.23. The summed E-state index contributed by atoms with van der Waals surface area (Å²) in [7, 11) is 0. The molecule has 0 saturated heterocycles. The number of para-hydroxylation sites is 1. The number of rotatable bonds is 5. The van der Waals surface area contributed by atoms with E-state index in [9.17, 15) is 0 Å². The van der Waals surface area contributed by atoms with E-state index in [2.05, 4.69) is 51.7 Å². The van der Waals surface area contributed by atoms with Crippen LogP contribution in [0.25, 0.3) is 10.2 Å². The molecular weight excluding hydrogens is 455 g/mol. The Bertz CT molecular complexity index is 886. The van der Waals surface area contributed by atoms with Gasteiger partial charge in [0.1, 0.15) is 0 Å². The molecule has 3 aromatic rings. The first kappa shape index (κ1) is 19.1. The zero-order valence-corrected chi connectivity index (χ0v) is 17.7. The van der Waals surface area contributed by atoms with Crippen molar-refractivity contribution < 1.29 is 0 Å². The van der Waals surface area contributed by atoms with Gasteiger partial charge in [0.05, 0.1) is 15.2 Å². The van der Waals surface area contributed by atoms with E-state index in [0.717, 1.165) is 24.0 Å². The Labute approximate surface area is 175 Å². The minimum atomic E-state index is 0. The summed E-state index contributed by atoms with van der Waals surface area (Å²) in [4.78, 5) is 9.10. The van der Waals surface area contributed by atoms with Crippen LogP contribution in [0.3, 0.4) is 0 Å². The highest BCUT2D eigenvalue weighted by atomic mass is 127. The zero-order chi connectivity index (χ0) is 17.1. The van der Waals surface area contributed by atoms with Gasteiger partial charge in [-0.25, -0.2) is 4.98 Å². The van der Waals surface area contributed by atoms with Gasteiger partial charge in [0.15, 0.2) is 5.96 Å². The van der Waals surface area contributed by atoms with Crippen LogP contribution in [0.15, 0.2) is 47.5 Å². The number of aryl methyl sites for hydroxylation is 3. The molecule has 6 heteroatoms. The van der Waals surface area contributed by atoms with E-state index in [4.69, 9.17) is 5.73 Å². The van der Waals surface area contributed by atoms with Gasteiger partial charge in [0.2, 0.25) is 0 Å². The third-order valence-electron chi connectivity index (χ3n) is 4.54. The molecule has 0 atom stereocenters. The first-order chi connectivity index (χ1) is 12.3. The first-order valence-corrected chi connectivity index (χ1v) is 9.63. The van der Waals surface area contributed by atoms with Gasteiger partial charge >= 0.3 is 0 Å². The summed E-state index contributed by atoms with van der Waals surface area (Å²) < 4.78 is 1.25. The predicted molar refractivity (Wildman–Crippen MR) is 122 cm³/mol. The maximum absolute atomic E-state index is 6.02. The molecule has 2 aromatic carbocycles. The second-order valence-corrected chi connectivity index (χ2v) is 7.52. The van der Waals surface area contributed by atoms with Crippen molar-refractivity contribution in [1.82, 2.24) is 4.98 Å². The van der Waals surface area contributed by atoms with Crippen molar-refractivity contribution >= 4 is 57.2 Å². The normalized spacial score (nSPS) is 13.5. The Balaban J connectivity index is 0.00000196. The molecule has 26 heavy (non-hydrogen) atoms. The predicted octanol–water partition coefficient (Wildman–Crippen LogP) is 4.76. The Morgan fingerprint density at radius 3 is 2.88 bits per heavy atom.